The number of alkyl halides is 3. The highest BCUT2D eigenvalue weighted by molar-refractivity contribution is 5.33. The molecule has 1 rings (SSSR count). The number of hydrogen-bond acceptors (Lipinski definition) is 2. The van der Waals surface area contributed by atoms with Gasteiger partial charge in [-0.25, -0.2) is 0 Å². The van der Waals surface area contributed by atoms with Gasteiger partial charge in [0, 0.05) is 0 Å². The second-order valence-corrected chi connectivity index (χ2v) is 3.99. The zero-order valence-corrected chi connectivity index (χ0v) is 9.42. The van der Waals surface area contributed by atoms with Crippen LogP contribution < -0.4 is 0 Å². The van der Waals surface area contributed by atoms with Gasteiger partial charge < -0.3 is 5.11 Å². The Balaban J connectivity index is 3.19. The maximum absolute atomic E-state index is 12.5. The lowest BCUT2D eigenvalue weighted by molar-refractivity contribution is -0.137. The van der Waals surface area contributed by atoms with Crippen LogP contribution in [0.25, 0.3) is 0 Å². The van der Waals surface area contributed by atoms with E-state index >= 15 is 0 Å². The lowest BCUT2D eigenvalue weighted by Crippen LogP contribution is -2.11. The molecule has 0 aromatic heterocycles. The highest BCUT2D eigenvalue weighted by Gasteiger charge is 2.31. The zero-order valence-electron chi connectivity index (χ0n) is 9.42. The molecule has 0 aliphatic rings. The van der Waals surface area contributed by atoms with Gasteiger partial charge in [-0.1, -0.05) is 11.6 Å². The number of aryl methyl sites for hydroxylation is 1. The maximum atomic E-state index is 12.5. The smallest absolute Gasteiger partial charge is 0.387 e. The molecule has 0 aliphatic heterocycles. The van der Waals surface area contributed by atoms with Gasteiger partial charge in [0.05, 0.1) is 23.7 Å². The Morgan fingerprint density at radius 3 is 2.35 bits per heavy atom. The van der Waals surface area contributed by atoms with Gasteiger partial charge in [0.1, 0.15) is 0 Å². The largest absolute Gasteiger partial charge is 0.416 e. The van der Waals surface area contributed by atoms with Gasteiger partial charge in [-0.2, -0.15) is 18.4 Å². The van der Waals surface area contributed by atoms with Gasteiger partial charge in [0.2, 0.25) is 0 Å². The summed E-state index contributed by atoms with van der Waals surface area (Å²) in [6.07, 6.45) is -5.66. The van der Waals surface area contributed by atoms with Crippen molar-refractivity contribution in [1.82, 2.24) is 0 Å². The fraction of sp³-hybridized carbons (Fsp3) is 0.417. The highest BCUT2D eigenvalue weighted by Crippen LogP contribution is 2.33. The summed E-state index contributed by atoms with van der Waals surface area (Å²) in [5.74, 6) is -0.752. The molecule has 5 heteroatoms. The molecule has 0 saturated heterocycles. The molecule has 0 saturated carbocycles. The van der Waals surface area contributed by atoms with Gasteiger partial charge >= 0.3 is 6.18 Å². The molecule has 1 N–H and O–H groups in total. The Bertz CT molecular complexity index is 448. The molecule has 0 radical (unpaired) electrons. The number of nitriles is 1. The molecule has 17 heavy (non-hydrogen) atoms. The van der Waals surface area contributed by atoms with E-state index in [0.29, 0.717) is 5.56 Å². The van der Waals surface area contributed by atoms with E-state index in [0.717, 1.165) is 12.1 Å². The van der Waals surface area contributed by atoms with E-state index in [4.69, 9.17) is 5.26 Å². The molecular weight excluding hydrogens is 231 g/mol. The van der Waals surface area contributed by atoms with Crippen molar-refractivity contribution in [2.24, 2.45) is 5.92 Å². The topological polar surface area (TPSA) is 44.0 Å². The van der Waals surface area contributed by atoms with Crippen LogP contribution in [0.1, 0.15) is 29.7 Å². The first-order valence-electron chi connectivity index (χ1n) is 5.02. The summed E-state index contributed by atoms with van der Waals surface area (Å²) in [4.78, 5) is 0. The Kier molecular flexibility index (Phi) is 3.79. The second-order valence-electron chi connectivity index (χ2n) is 3.99. The molecule has 0 aliphatic carbocycles. The molecule has 2 atom stereocenters. The van der Waals surface area contributed by atoms with E-state index in [9.17, 15) is 18.3 Å². The van der Waals surface area contributed by atoms with Crippen molar-refractivity contribution in [2.75, 3.05) is 0 Å². The standard InChI is InChI=1S/C12H12F3NO/c1-7-3-9(11(17)8(2)6-16)5-10(4-7)12(13,14)15/h3-5,8,11,17H,1-2H3/t8-,11+/m1/s1. The van der Waals surface area contributed by atoms with E-state index in [-0.39, 0.29) is 5.56 Å². The molecule has 0 fully saturated rings. The first-order chi connectivity index (χ1) is 7.75. The van der Waals surface area contributed by atoms with Crippen molar-refractivity contribution in [2.45, 2.75) is 26.1 Å². The highest BCUT2D eigenvalue weighted by atomic mass is 19.4. The van der Waals surface area contributed by atoms with Gasteiger partial charge in [0.15, 0.2) is 0 Å². The van der Waals surface area contributed by atoms with E-state index in [2.05, 4.69) is 0 Å². The summed E-state index contributed by atoms with van der Waals surface area (Å²) in [6.45, 7) is 2.97. The zero-order chi connectivity index (χ0) is 13.2. The van der Waals surface area contributed by atoms with Crippen LogP contribution in [0.5, 0.6) is 0 Å². The van der Waals surface area contributed by atoms with Gasteiger partial charge in [-0.05, 0) is 31.5 Å². The number of aliphatic hydroxyl groups excluding tert-OH is 1. The molecule has 2 nitrogen and oxygen atoms in total. The Hall–Kier alpha value is -1.54. The van der Waals surface area contributed by atoms with Crippen molar-refractivity contribution < 1.29 is 18.3 Å². The SMILES string of the molecule is Cc1cc([C@@H](O)[C@H](C)C#N)cc(C(F)(F)F)c1. The monoisotopic (exact) mass is 243 g/mol. The first-order valence-corrected chi connectivity index (χ1v) is 5.02. The summed E-state index contributed by atoms with van der Waals surface area (Å²) in [7, 11) is 0. The molecule has 92 valence electrons. The van der Waals surface area contributed by atoms with Crippen molar-refractivity contribution in [3.63, 3.8) is 0 Å². The number of halogens is 3. The molecule has 0 unspecified atom stereocenters. The minimum Gasteiger partial charge on any atom is -0.387 e. The van der Waals surface area contributed by atoms with Crippen LogP contribution in [0.2, 0.25) is 0 Å². The average Bonchev–Trinajstić information content (AvgIpc) is 2.25. The second kappa shape index (κ2) is 4.76. The number of rotatable bonds is 2. The van der Waals surface area contributed by atoms with Gasteiger partial charge in [0.25, 0.3) is 0 Å². The molecule has 0 bridgehead atoms. The molecule has 0 amide bonds. The maximum Gasteiger partial charge on any atom is 0.416 e. The van der Waals surface area contributed by atoms with E-state index < -0.39 is 23.8 Å². The minimum absolute atomic E-state index is 0.117. The van der Waals surface area contributed by atoms with Crippen molar-refractivity contribution >= 4 is 0 Å². The van der Waals surface area contributed by atoms with E-state index in [1.807, 2.05) is 6.07 Å². The Morgan fingerprint density at radius 2 is 1.88 bits per heavy atom. The molecule has 0 heterocycles. The average molecular weight is 243 g/mol. The van der Waals surface area contributed by atoms with Crippen molar-refractivity contribution in [3.05, 3.63) is 34.9 Å². The molecular formula is C12H12F3NO. The fourth-order valence-electron chi connectivity index (χ4n) is 1.51. The quantitative estimate of drug-likeness (QED) is 0.866. The van der Waals surface area contributed by atoms with Crippen LogP contribution in [-0.2, 0) is 6.18 Å². The van der Waals surface area contributed by atoms with E-state index in [1.54, 1.807) is 0 Å². The van der Waals surface area contributed by atoms with Gasteiger partial charge in [-0.3, -0.25) is 0 Å². The predicted octanol–water partition coefficient (Wildman–Crippen LogP) is 3.21. The summed E-state index contributed by atoms with van der Waals surface area (Å²) >= 11 is 0. The van der Waals surface area contributed by atoms with Crippen LogP contribution in [0.4, 0.5) is 13.2 Å². The normalized spacial score (nSPS) is 15.1. The lowest BCUT2D eigenvalue weighted by Gasteiger charge is -2.16. The van der Waals surface area contributed by atoms with Crippen LogP contribution in [0.15, 0.2) is 18.2 Å². The summed E-state index contributed by atoms with van der Waals surface area (Å²) in [5.41, 5.74) is -0.290. The summed E-state index contributed by atoms with van der Waals surface area (Å²) < 4.78 is 37.6. The number of benzene rings is 1. The van der Waals surface area contributed by atoms with Crippen molar-refractivity contribution in [1.29, 1.82) is 5.26 Å². The third-order valence-electron chi connectivity index (χ3n) is 2.45. The predicted molar refractivity (Wildman–Crippen MR) is 55.9 cm³/mol. The lowest BCUT2D eigenvalue weighted by atomic mass is 9.95. The third-order valence-corrected chi connectivity index (χ3v) is 2.45. The molecule has 1 aromatic carbocycles. The summed E-state index contributed by atoms with van der Waals surface area (Å²) in [5, 5.41) is 18.3. The van der Waals surface area contributed by atoms with Crippen LogP contribution in [0.3, 0.4) is 0 Å². The number of aliphatic hydroxyl groups is 1. The number of nitrogens with zero attached hydrogens (tertiary/aromatic N) is 1. The minimum atomic E-state index is -4.45. The van der Waals surface area contributed by atoms with Gasteiger partial charge in [-0.15, -0.1) is 0 Å². The van der Waals surface area contributed by atoms with Crippen LogP contribution in [0, 0.1) is 24.2 Å². The molecule has 1 aromatic rings. The first kappa shape index (κ1) is 13.5. The molecule has 0 spiro atoms. The third kappa shape index (κ3) is 3.21. The Labute approximate surface area is 97.3 Å². The Morgan fingerprint density at radius 1 is 1.29 bits per heavy atom. The van der Waals surface area contributed by atoms with E-state index in [1.165, 1.54) is 19.9 Å². The summed E-state index contributed by atoms with van der Waals surface area (Å²) in [6, 6.07) is 5.15. The van der Waals surface area contributed by atoms with Crippen molar-refractivity contribution in [3.8, 4) is 6.07 Å². The fourth-order valence-corrected chi connectivity index (χ4v) is 1.51. The van der Waals surface area contributed by atoms with Crippen LogP contribution >= 0.6 is 0 Å². The van der Waals surface area contributed by atoms with Crippen LogP contribution in [-0.4, -0.2) is 5.11 Å². The number of hydrogen-bond donors (Lipinski definition) is 1.